The van der Waals surface area contributed by atoms with Gasteiger partial charge in [0.05, 0.1) is 11.6 Å². The van der Waals surface area contributed by atoms with Crippen molar-refractivity contribution in [2.24, 2.45) is 5.92 Å². The van der Waals surface area contributed by atoms with Gasteiger partial charge in [-0.05, 0) is 40.4 Å². The molecule has 1 aromatic heterocycles. The van der Waals surface area contributed by atoms with Crippen LogP contribution < -0.4 is 10.5 Å². The third-order valence-electron chi connectivity index (χ3n) is 2.92. The van der Waals surface area contributed by atoms with Crippen molar-refractivity contribution in [1.29, 1.82) is 0 Å². The Kier molecular flexibility index (Phi) is 4.67. The number of nitrogen functional groups attached to an aromatic ring is 1. The van der Waals surface area contributed by atoms with Crippen LogP contribution in [0, 0.1) is 5.92 Å². The summed E-state index contributed by atoms with van der Waals surface area (Å²) >= 11 is 3.30. The second-order valence-corrected chi connectivity index (χ2v) is 6.07. The molecule has 2 rings (SSSR count). The van der Waals surface area contributed by atoms with Crippen LogP contribution >= 0.6 is 15.9 Å². The van der Waals surface area contributed by atoms with Crippen LogP contribution in [0.5, 0.6) is 11.5 Å². The number of rotatable bonds is 4. The highest BCUT2D eigenvalue weighted by molar-refractivity contribution is 9.10. The van der Waals surface area contributed by atoms with Crippen molar-refractivity contribution in [3.05, 3.63) is 28.4 Å². The van der Waals surface area contributed by atoms with Gasteiger partial charge in [0.25, 0.3) is 0 Å². The van der Waals surface area contributed by atoms with Gasteiger partial charge in [-0.15, -0.1) is 0 Å². The Labute approximate surface area is 132 Å². The number of aromatic nitrogens is 2. The predicted octanol–water partition coefficient (Wildman–Crippen LogP) is 3.40. The molecule has 0 bridgehead atoms. The van der Waals surface area contributed by atoms with E-state index in [-0.39, 0.29) is 5.75 Å². The fourth-order valence-corrected chi connectivity index (χ4v) is 2.47. The number of halogens is 1. The zero-order valence-electron chi connectivity index (χ0n) is 12.2. The number of methoxy groups -OCH3 is 1. The molecule has 0 amide bonds. The molecule has 0 radical (unpaired) electrons. The molecular formula is C15H18BrN3O2. The van der Waals surface area contributed by atoms with Gasteiger partial charge >= 0.3 is 0 Å². The Hall–Kier alpha value is -1.82. The summed E-state index contributed by atoms with van der Waals surface area (Å²) in [6.07, 6.45) is 0.829. The molecule has 1 heterocycles. The van der Waals surface area contributed by atoms with E-state index in [1.54, 1.807) is 18.2 Å². The van der Waals surface area contributed by atoms with Gasteiger partial charge in [0.1, 0.15) is 5.82 Å². The minimum absolute atomic E-state index is 0.0487. The number of phenolic OH excluding ortho intramolecular Hbond substituents is 1. The summed E-state index contributed by atoms with van der Waals surface area (Å²) in [5.74, 6) is 1.83. The SMILES string of the molecule is COc1cc(-c2nc(N)cc(CC(C)C)n2)cc(Br)c1O. The Morgan fingerprint density at radius 3 is 2.62 bits per heavy atom. The third kappa shape index (κ3) is 3.64. The van der Waals surface area contributed by atoms with Crippen LogP contribution in [0.4, 0.5) is 5.82 Å². The van der Waals surface area contributed by atoms with E-state index in [9.17, 15) is 5.11 Å². The van der Waals surface area contributed by atoms with Crippen LogP contribution in [0.25, 0.3) is 11.4 Å². The molecule has 0 aliphatic rings. The van der Waals surface area contributed by atoms with Crippen molar-refractivity contribution in [3.63, 3.8) is 0 Å². The molecule has 6 heteroatoms. The van der Waals surface area contributed by atoms with Crippen LogP contribution in [0.3, 0.4) is 0 Å². The molecular weight excluding hydrogens is 334 g/mol. The van der Waals surface area contributed by atoms with E-state index in [0.717, 1.165) is 17.7 Å². The summed E-state index contributed by atoms with van der Waals surface area (Å²) in [5, 5.41) is 9.86. The number of nitrogens with zero attached hydrogens (tertiary/aromatic N) is 2. The first kappa shape index (κ1) is 15.6. The van der Waals surface area contributed by atoms with Crippen LogP contribution in [0.1, 0.15) is 19.5 Å². The number of benzene rings is 1. The number of aromatic hydroxyl groups is 1. The second kappa shape index (κ2) is 6.30. The van der Waals surface area contributed by atoms with E-state index in [1.165, 1.54) is 7.11 Å². The van der Waals surface area contributed by atoms with E-state index in [2.05, 4.69) is 39.7 Å². The molecule has 21 heavy (non-hydrogen) atoms. The largest absolute Gasteiger partial charge is 0.503 e. The molecule has 0 saturated carbocycles. The van der Waals surface area contributed by atoms with Gasteiger partial charge in [-0.3, -0.25) is 0 Å². The van der Waals surface area contributed by atoms with E-state index in [4.69, 9.17) is 10.5 Å². The lowest BCUT2D eigenvalue weighted by atomic mass is 10.1. The summed E-state index contributed by atoms with van der Waals surface area (Å²) in [4.78, 5) is 8.81. The van der Waals surface area contributed by atoms with Crippen LogP contribution in [-0.2, 0) is 6.42 Å². The summed E-state index contributed by atoms with van der Waals surface area (Å²) in [6, 6.07) is 5.22. The monoisotopic (exact) mass is 351 g/mol. The summed E-state index contributed by atoms with van der Waals surface area (Å²) in [7, 11) is 1.50. The van der Waals surface area contributed by atoms with Gasteiger partial charge < -0.3 is 15.6 Å². The summed E-state index contributed by atoms with van der Waals surface area (Å²) < 4.78 is 5.67. The van der Waals surface area contributed by atoms with E-state index in [0.29, 0.717) is 27.8 Å². The van der Waals surface area contributed by atoms with Gasteiger partial charge in [0, 0.05) is 17.3 Å². The average molecular weight is 352 g/mol. The molecule has 112 valence electrons. The molecule has 0 aliphatic heterocycles. The standard InChI is InChI=1S/C15H18BrN3O2/c1-8(2)4-10-7-13(17)19-15(18-10)9-5-11(16)14(20)12(6-9)21-3/h5-8,20H,4H2,1-3H3,(H2,17,18,19). The molecule has 0 aliphatic carbocycles. The number of nitrogens with two attached hydrogens (primary N) is 1. The van der Waals surface area contributed by atoms with E-state index >= 15 is 0 Å². The second-order valence-electron chi connectivity index (χ2n) is 5.21. The minimum Gasteiger partial charge on any atom is -0.503 e. The lowest BCUT2D eigenvalue weighted by molar-refractivity contribution is 0.372. The van der Waals surface area contributed by atoms with E-state index in [1.807, 2.05) is 0 Å². The van der Waals surface area contributed by atoms with Crippen molar-refractivity contribution >= 4 is 21.7 Å². The Bertz CT molecular complexity index is 660. The zero-order chi connectivity index (χ0) is 15.6. The number of anilines is 1. The van der Waals surface area contributed by atoms with Crippen molar-refractivity contribution in [1.82, 2.24) is 9.97 Å². The van der Waals surface area contributed by atoms with Crippen molar-refractivity contribution < 1.29 is 9.84 Å². The molecule has 0 unspecified atom stereocenters. The van der Waals surface area contributed by atoms with Crippen LogP contribution in [0.15, 0.2) is 22.7 Å². The van der Waals surface area contributed by atoms with Crippen LogP contribution in [0.2, 0.25) is 0 Å². The molecule has 0 saturated heterocycles. The molecule has 1 aromatic carbocycles. The van der Waals surface area contributed by atoms with Crippen molar-refractivity contribution in [3.8, 4) is 22.9 Å². The van der Waals surface area contributed by atoms with E-state index < -0.39 is 0 Å². The fraction of sp³-hybridized carbons (Fsp3) is 0.333. The maximum atomic E-state index is 9.86. The highest BCUT2D eigenvalue weighted by Crippen LogP contribution is 2.37. The number of hydrogen-bond acceptors (Lipinski definition) is 5. The normalized spacial score (nSPS) is 10.9. The smallest absolute Gasteiger partial charge is 0.172 e. The molecule has 5 nitrogen and oxygen atoms in total. The maximum Gasteiger partial charge on any atom is 0.172 e. The maximum absolute atomic E-state index is 9.86. The van der Waals surface area contributed by atoms with Crippen molar-refractivity contribution in [2.45, 2.75) is 20.3 Å². The molecule has 2 aromatic rings. The minimum atomic E-state index is 0.0487. The quantitative estimate of drug-likeness (QED) is 0.881. The Morgan fingerprint density at radius 2 is 2.00 bits per heavy atom. The predicted molar refractivity (Wildman–Crippen MR) is 86.3 cm³/mol. The Morgan fingerprint density at radius 1 is 1.29 bits per heavy atom. The third-order valence-corrected chi connectivity index (χ3v) is 3.53. The molecule has 3 N–H and O–H groups in total. The van der Waals surface area contributed by atoms with Crippen molar-refractivity contribution in [2.75, 3.05) is 12.8 Å². The zero-order valence-corrected chi connectivity index (χ0v) is 13.8. The summed E-state index contributed by atoms with van der Waals surface area (Å²) in [6.45, 7) is 4.25. The topological polar surface area (TPSA) is 81.3 Å². The van der Waals surface area contributed by atoms with Gasteiger partial charge in [0.2, 0.25) is 0 Å². The molecule has 0 atom stereocenters. The van der Waals surface area contributed by atoms with Gasteiger partial charge in [-0.25, -0.2) is 9.97 Å². The lowest BCUT2D eigenvalue weighted by Crippen LogP contribution is -2.03. The Balaban J connectivity index is 2.51. The first-order valence-corrected chi connectivity index (χ1v) is 7.40. The van der Waals surface area contributed by atoms with Gasteiger partial charge in [0.15, 0.2) is 17.3 Å². The number of phenols is 1. The fourth-order valence-electron chi connectivity index (χ4n) is 2.03. The first-order chi connectivity index (χ1) is 9.90. The molecule has 0 spiro atoms. The van der Waals surface area contributed by atoms with Gasteiger partial charge in [-0.1, -0.05) is 13.8 Å². The van der Waals surface area contributed by atoms with Gasteiger partial charge in [-0.2, -0.15) is 0 Å². The average Bonchev–Trinajstić information content (AvgIpc) is 2.40. The first-order valence-electron chi connectivity index (χ1n) is 6.61. The lowest BCUT2D eigenvalue weighted by Gasteiger charge is -2.10. The van der Waals surface area contributed by atoms with Crippen LogP contribution in [-0.4, -0.2) is 22.2 Å². The molecule has 0 fully saturated rings. The summed E-state index contributed by atoms with van der Waals surface area (Å²) in [5.41, 5.74) is 7.50. The number of ether oxygens (including phenoxy) is 1. The highest BCUT2D eigenvalue weighted by Gasteiger charge is 2.13. The number of hydrogen-bond donors (Lipinski definition) is 2. The highest BCUT2D eigenvalue weighted by atomic mass is 79.9.